The molecule has 2 aliphatic rings. The number of piperidine rings is 1. The quantitative estimate of drug-likeness (QED) is 0.649. The smallest absolute Gasteiger partial charge is 0.240 e. The fourth-order valence-corrected chi connectivity index (χ4v) is 2.68. The maximum Gasteiger partial charge on any atom is 0.240 e. The molecule has 0 aromatic heterocycles. The molecule has 2 heterocycles. The maximum absolute atomic E-state index is 11.9. The van der Waals surface area contributed by atoms with E-state index in [9.17, 15) is 4.79 Å². The van der Waals surface area contributed by atoms with Crippen LogP contribution in [0.15, 0.2) is 0 Å². The molecule has 0 saturated carbocycles. The van der Waals surface area contributed by atoms with Crippen molar-refractivity contribution in [3.8, 4) is 0 Å². The van der Waals surface area contributed by atoms with Crippen LogP contribution in [0, 0.1) is 0 Å². The molecular weight excluding hydrogens is 164 g/mol. The highest BCUT2D eigenvalue weighted by molar-refractivity contribution is 5.83. The standard InChI is InChI=1S/C10H18N2O/c1-7-3-4-8-5-6-9(11-2)10(13)12(7)8/h7-9,11H,3-6H2,1-2H3/t7-,8-,9+/m1/s1. The first-order valence-corrected chi connectivity index (χ1v) is 5.23. The summed E-state index contributed by atoms with van der Waals surface area (Å²) in [5.74, 6) is 0.323. The summed E-state index contributed by atoms with van der Waals surface area (Å²) >= 11 is 0. The Labute approximate surface area is 79.5 Å². The van der Waals surface area contributed by atoms with Crippen LogP contribution >= 0.6 is 0 Å². The molecule has 0 unspecified atom stereocenters. The van der Waals surface area contributed by atoms with E-state index < -0.39 is 0 Å². The Balaban J connectivity index is 2.13. The van der Waals surface area contributed by atoms with Crippen molar-refractivity contribution in [2.45, 2.75) is 50.7 Å². The predicted molar refractivity (Wildman–Crippen MR) is 51.4 cm³/mol. The van der Waals surface area contributed by atoms with Gasteiger partial charge in [0.15, 0.2) is 0 Å². The van der Waals surface area contributed by atoms with Gasteiger partial charge in [0.05, 0.1) is 6.04 Å². The number of likely N-dealkylation sites (N-methyl/N-ethyl adjacent to an activating group) is 1. The number of hydrogen-bond acceptors (Lipinski definition) is 2. The van der Waals surface area contributed by atoms with E-state index in [1.54, 1.807) is 0 Å². The lowest BCUT2D eigenvalue weighted by atomic mass is 9.98. The van der Waals surface area contributed by atoms with Crippen LogP contribution in [0.3, 0.4) is 0 Å². The van der Waals surface area contributed by atoms with Crippen molar-refractivity contribution < 1.29 is 4.79 Å². The molecule has 0 aliphatic carbocycles. The van der Waals surface area contributed by atoms with Crippen LogP contribution < -0.4 is 5.32 Å². The highest BCUT2D eigenvalue weighted by atomic mass is 16.2. The second-order valence-electron chi connectivity index (χ2n) is 4.24. The molecule has 2 aliphatic heterocycles. The zero-order valence-electron chi connectivity index (χ0n) is 8.42. The molecule has 2 rings (SSSR count). The summed E-state index contributed by atoms with van der Waals surface area (Å²) in [5, 5.41) is 3.10. The summed E-state index contributed by atoms with van der Waals surface area (Å²) in [6.45, 7) is 2.16. The second kappa shape index (κ2) is 3.29. The predicted octanol–water partition coefficient (Wildman–Crippen LogP) is 0.748. The van der Waals surface area contributed by atoms with E-state index in [2.05, 4.69) is 17.1 Å². The average Bonchev–Trinajstić information content (AvgIpc) is 2.49. The summed E-state index contributed by atoms with van der Waals surface area (Å²) in [5.41, 5.74) is 0. The van der Waals surface area contributed by atoms with Gasteiger partial charge in [0.2, 0.25) is 5.91 Å². The lowest BCUT2D eigenvalue weighted by Gasteiger charge is -2.37. The van der Waals surface area contributed by atoms with Crippen LogP contribution in [0.2, 0.25) is 0 Å². The minimum absolute atomic E-state index is 0.0804. The Morgan fingerprint density at radius 2 is 2.00 bits per heavy atom. The fourth-order valence-electron chi connectivity index (χ4n) is 2.68. The normalized spacial score (nSPS) is 39.4. The first-order chi connectivity index (χ1) is 6.24. The highest BCUT2D eigenvalue weighted by Gasteiger charge is 2.40. The van der Waals surface area contributed by atoms with Gasteiger partial charge in [0.25, 0.3) is 0 Å². The van der Waals surface area contributed by atoms with Crippen LogP contribution in [0.25, 0.3) is 0 Å². The van der Waals surface area contributed by atoms with E-state index >= 15 is 0 Å². The summed E-state index contributed by atoms with van der Waals surface area (Å²) in [4.78, 5) is 14.0. The van der Waals surface area contributed by atoms with Crippen LogP contribution in [-0.2, 0) is 4.79 Å². The highest BCUT2D eigenvalue weighted by Crippen LogP contribution is 2.31. The average molecular weight is 182 g/mol. The number of rotatable bonds is 1. The lowest BCUT2D eigenvalue weighted by Crippen LogP contribution is -2.53. The van der Waals surface area contributed by atoms with Crippen molar-refractivity contribution in [1.29, 1.82) is 0 Å². The molecule has 0 aromatic rings. The molecule has 3 heteroatoms. The number of carbonyl (C=O) groups is 1. The largest absolute Gasteiger partial charge is 0.336 e. The van der Waals surface area contributed by atoms with Gasteiger partial charge in [-0.2, -0.15) is 0 Å². The molecule has 0 bridgehead atoms. The Hall–Kier alpha value is -0.570. The number of fused-ring (bicyclic) bond motifs is 1. The van der Waals surface area contributed by atoms with Crippen LogP contribution in [0.5, 0.6) is 0 Å². The third kappa shape index (κ3) is 1.35. The topological polar surface area (TPSA) is 32.3 Å². The monoisotopic (exact) mass is 182 g/mol. The van der Waals surface area contributed by atoms with Crippen molar-refractivity contribution >= 4 is 5.91 Å². The van der Waals surface area contributed by atoms with Crippen LogP contribution in [0.1, 0.15) is 32.6 Å². The van der Waals surface area contributed by atoms with Gasteiger partial charge in [-0.05, 0) is 39.7 Å². The molecule has 0 spiro atoms. The summed E-state index contributed by atoms with van der Waals surface area (Å²) in [6, 6.07) is 1.09. The Morgan fingerprint density at radius 3 is 2.69 bits per heavy atom. The third-order valence-electron chi connectivity index (χ3n) is 3.48. The fraction of sp³-hybridized carbons (Fsp3) is 0.900. The Morgan fingerprint density at radius 1 is 1.31 bits per heavy atom. The van der Waals surface area contributed by atoms with Crippen molar-refractivity contribution in [3.05, 3.63) is 0 Å². The van der Waals surface area contributed by atoms with Crippen molar-refractivity contribution in [3.63, 3.8) is 0 Å². The number of nitrogens with zero attached hydrogens (tertiary/aromatic N) is 1. The van der Waals surface area contributed by atoms with E-state index in [4.69, 9.17) is 0 Å². The van der Waals surface area contributed by atoms with Crippen molar-refractivity contribution in [2.75, 3.05) is 7.05 Å². The summed E-state index contributed by atoms with van der Waals surface area (Å²) in [6.07, 6.45) is 4.60. The summed E-state index contributed by atoms with van der Waals surface area (Å²) in [7, 11) is 1.88. The molecular formula is C10H18N2O. The Kier molecular flexibility index (Phi) is 2.28. The van der Waals surface area contributed by atoms with Crippen LogP contribution in [-0.4, -0.2) is 36.0 Å². The lowest BCUT2D eigenvalue weighted by molar-refractivity contribution is -0.139. The molecule has 2 saturated heterocycles. The summed E-state index contributed by atoms with van der Waals surface area (Å²) < 4.78 is 0. The molecule has 3 nitrogen and oxygen atoms in total. The van der Waals surface area contributed by atoms with E-state index in [1.165, 1.54) is 19.3 Å². The zero-order valence-corrected chi connectivity index (χ0v) is 8.42. The van der Waals surface area contributed by atoms with Gasteiger partial charge in [-0.25, -0.2) is 0 Å². The zero-order chi connectivity index (χ0) is 9.42. The second-order valence-corrected chi connectivity index (χ2v) is 4.24. The molecule has 13 heavy (non-hydrogen) atoms. The van der Waals surface area contributed by atoms with Gasteiger partial charge in [-0.3, -0.25) is 4.79 Å². The molecule has 2 fully saturated rings. The minimum atomic E-state index is 0.0804. The molecule has 3 atom stereocenters. The van der Waals surface area contributed by atoms with Gasteiger partial charge in [-0.15, -0.1) is 0 Å². The van der Waals surface area contributed by atoms with Gasteiger partial charge in [0, 0.05) is 12.1 Å². The maximum atomic E-state index is 11.9. The molecule has 0 aromatic carbocycles. The first kappa shape index (κ1) is 9.00. The third-order valence-corrected chi connectivity index (χ3v) is 3.48. The van der Waals surface area contributed by atoms with E-state index in [1.807, 2.05) is 7.05 Å². The molecule has 1 amide bonds. The van der Waals surface area contributed by atoms with Gasteiger partial charge < -0.3 is 10.2 Å². The SMILES string of the molecule is CN[C@H]1CC[C@H]2CC[C@@H](C)N2C1=O. The van der Waals surface area contributed by atoms with Crippen LogP contribution in [0.4, 0.5) is 0 Å². The van der Waals surface area contributed by atoms with Crippen molar-refractivity contribution in [1.82, 2.24) is 10.2 Å². The molecule has 0 radical (unpaired) electrons. The van der Waals surface area contributed by atoms with Gasteiger partial charge in [0.1, 0.15) is 0 Å². The van der Waals surface area contributed by atoms with E-state index in [-0.39, 0.29) is 6.04 Å². The van der Waals surface area contributed by atoms with E-state index in [0.717, 1.165) is 6.42 Å². The van der Waals surface area contributed by atoms with E-state index in [0.29, 0.717) is 18.0 Å². The minimum Gasteiger partial charge on any atom is -0.336 e. The first-order valence-electron chi connectivity index (χ1n) is 5.23. The number of hydrogen-bond donors (Lipinski definition) is 1. The van der Waals surface area contributed by atoms with Gasteiger partial charge in [-0.1, -0.05) is 0 Å². The number of amides is 1. The number of carbonyl (C=O) groups excluding carboxylic acids is 1. The molecule has 74 valence electrons. The molecule has 1 N–H and O–H groups in total. The Bertz CT molecular complexity index is 217. The van der Waals surface area contributed by atoms with Crippen molar-refractivity contribution in [2.24, 2.45) is 0 Å². The van der Waals surface area contributed by atoms with Gasteiger partial charge >= 0.3 is 0 Å². The number of nitrogens with one attached hydrogen (secondary N) is 1.